The summed E-state index contributed by atoms with van der Waals surface area (Å²) >= 11 is 0. The summed E-state index contributed by atoms with van der Waals surface area (Å²) < 4.78 is 0. The van der Waals surface area contributed by atoms with Gasteiger partial charge in [0, 0.05) is 0 Å². The Morgan fingerprint density at radius 1 is 0.636 bits per heavy atom. The fourth-order valence-corrected chi connectivity index (χ4v) is 2.75. The van der Waals surface area contributed by atoms with E-state index in [1.54, 1.807) is 0 Å². The summed E-state index contributed by atoms with van der Waals surface area (Å²) in [5, 5.41) is 3.39. The van der Waals surface area contributed by atoms with Crippen molar-refractivity contribution in [2.75, 3.05) is 19.6 Å². The molecule has 0 aromatic carbocycles. The summed E-state index contributed by atoms with van der Waals surface area (Å²) in [6.07, 6.45) is 23.8. The maximum atomic E-state index is 5.49. The molecule has 3 N–H and O–H groups in total. The van der Waals surface area contributed by atoms with Crippen LogP contribution in [0.3, 0.4) is 0 Å². The molecule has 0 radical (unpaired) electrons. The number of unbranched alkanes of at least 4 members (excludes halogenated alkanes) is 12. The van der Waals surface area contributed by atoms with Crippen molar-refractivity contribution in [3.8, 4) is 0 Å². The molecule has 0 bridgehead atoms. The zero-order valence-electron chi connectivity index (χ0n) is 15.3. The molecule has 0 aliphatic heterocycles. The smallest absolute Gasteiger partial charge is 0.00490 e. The second kappa shape index (κ2) is 20.7. The first-order valence-electron chi connectivity index (χ1n) is 9.97. The molecule has 0 heterocycles. The molecular weight excluding hydrogens is 268 g/mol. The molecule has 0 aliphatic carbocycles. The molecular formula is C20H42N2. The number of hydrogen-bond donors (Lipinski definition) is 2. The van der Waals surface area contributed by atoms with Crippen molar-refractivity contribution in [3.63, 3.8) is 0 Å². The molecule has 0 aromatic rings. The third-order valence-corrected chi connectivity index (χ3v) is 4.22. The molecule has 0 aliphatic rings. The van der Waals surface area contributed by atoms with Gasteiger partial charge in [0.15, 0.2) is 0 Å². The second-order valence-corrected chi connectivity index (χ2v) is 6.43. The van der Waals surface area contributed by atoms with E-state index in [4.69, 9.17) is 5.73 Å². The van der Waals surface area contributed by atoms with Crippen LogP contribution in [0.15, 0.2) is 12.2 Å². The highest BCUT2D eigenvalue weighted by atomic mass is 14.8. The van der Waals surface area contributed by atoms with Gasteiger partial charge < -0.3 is 11.1 Å². The zero-order chi connectivity index (χ0) is 16.1. The van der Waals surface area contributed by atoms with Crippen molar-refractivity contribution in [2.45, 2.75) is 96.8 Å². The second-order valence-electron chi connectivity index (χ2n) is 6.43. The van der Waals surface area contributed by atoms with E-state index in [0.717, 1.165) is 13.1 Å². The van der Waals surface area contributed by atoms with E-state index in [1.165, 1.54) is 96.4 Å². The Balaban J connectivity index is 3.02. The predicted octanol–water partition coefficient (Wildman–Crippen LogP) is 5.57. The Hall–Kier alpha value is -0.340. The van der Waals surface area contributed by atoms with E-state index in [-0.39, 0.29) is 0 Å². The molecule has 0 spiro atoms. The minimum atomic E-state index is 0.860. The van der Waals surface area contributed by atoms with E-state index >= 15 is 0 Å². The Morgan fingerprint density at radius 3 is 1.59 bits per heavy atom. The summed E-state index contributed by atoms with van der Waals surface area (Å²) in [5.74, 6) is 0. The first kappa shape index (κ1) is 21.7. The molecule has 22 heavy (non-hydrogen) atoms. The molecule has 0 amide bonds. The zero-order valence-corrected chi connectivity index (χ0v) is 15.3. The van der Waals surface area contributed by atoms with E-state index in [9.17, 15) is 0 Å². The molecule has 0 unspecified atom stereocenters. The lowest BCUT2D eigenvalue weighted by Gasteiger charge is -2.02. The standard InChI is InChI=1S/C20H42N2/c1-2-22-20-18-16-14-12-10-8-6-4-3-5-7-9-11-13-15-17-19-21/h3-4,22H,2,5-21H2,1H3/b4-3-. The first-order chi connectivity index (χ1) is 10.9. The topological polar surface area (TPSA) is 38.0 Å². The van der Waals surface area contributed by atoms with Gasteiger partial charge in [-0.15, -0.1) is 0 Å². The van der Waals surface area contributed by atoms with Crippen LogP contribution < -0.4 is 11.1 Å². The van der Waals surface area contributed by atoms with Gasteiger partial charge >= 0.3 is 0 Å². The molecule has 0 fully saturated rings. The lowest BCUT2D eigenvalue weighted by molar-refractivity contribution is 0.573. The van der Waals surface area contributed by atoms with Gasteiger partial charge in [0.25, 0.3) is 0 Å². The average Bonchev–Trinajstić information content (AvgIpc) is 2.54. The van der Waals surface area contributed by atoms with Crippen LogP contribution in [-0.4, -0.2) is 19.6 Å². The van der Waals surface area contributed by atoms with Crippen molar-refractivity contribution in [3.05, 3.63) is 12.2 Å². The van der Waals surface area contributed by atoms with E-state index in [0.29, 0.717) is 0 Å². The van der Waals surface area contributed by atoms with Crippen molar-refractivity contribution in [1.29, 1.82) is 0 Å². The fraction of sp³-hybridized carbons (Fsp3) is 0.900. The lowest BCUT2D eigenvalue weighted by Crippen LogP contribution is -2.13. The van der Waals surface area contributed by atoms with Crippen LogP contribution in [0.5, 0.6) is 0 Å². The monoisotopic (exact) mass is 310 g/mol. The van der Waals surface area contributed by atoms with Crippen LogP contribution in [0.4, 0.5) is 0 Å². The summed E-state index contributed by atoms with van der Waals surface area (Å²) in [4.78, 5) is 0. The summed E-state index contributed by atoms with van der Waals surface area (Å²) in [6, 6.07) is 0. The molecule has 132 valence electrons. The van der Waals surface area contributed by atoms with Gasteiger partial charge in [-0.2, -0.15) is 0 Å². The summed E-state index contributed by atoms with van der Waals surface area (Å²) in [5.41, 5.74) is 5.49. The molecule has 0 aromatic heterocycles. The van der Waals surface area contributed by atoms with Gasteiger partial charge in [-0.05, 0) is 58.2 Å². The quantitative estimate of drug-likeness (QED) is 0.256. The number of rotatable bonds is 18. The third kappa shape index (κ3) is 19.7. The van der Waals surface area contributed by atoms with Crippen LogP contribution in [0.25, 0.3) is 0 Å². The van der Waals surface area contributed by atoms with Gasteiger partial charge in [0.1, 0.15) is 0 Å². The first-order valence-corrected chi connectivity index (χ1v) is 9.97. The number of hydrogen-bond acceptors (Lipinski definition) is 2. The average molecular weight is 311 g/mol. The van der Waals surface area contributed by atoms with Crippen molar-refractivity contribution < 1.29 is 0 Å². The highest BCUT2D eigenvalue weighted by Crippen LogP contribution is 2.09. The third-order valence-electron chi connectivity index (χ3n) is 4.22. The number of allylic oxidation sites excluding steroid dienone is 2. The van der Waals surface area contributed by atoms with E-state index in [2.05, 4.69) is 24.4 Å². The Morgan fingerprint density at radius 2 is 1.09 bits per heavy atom. The van der Waals surface area contributed by atoms with Gasteiger partial charge in [-0.1, -0.05) is 70.4 Å². The minimum Gasteiger partial charge on any atom is -0.330 e. The Bertz CT molecular complexity index is 214. The lowest BCUT2D eigenvalue weighted by atomic mass is 10.1. The predicted molar refractivity (Wildman–Crippen MR) is 101 cm³/mol. The van der Waals surface area contributed by atoms with Crippen LogP contribution in [0, 0.1) is 0 Å². The Labute approximate surface area is 140 Å². The maximum absolute atomic E-state index is 5.49. The van der Waals surface area contributed by atoms with Gasteiger partial charge in [-0.3, -0.25) is 0 Å². The van der Waals surface area contributed by atoms with Gasteiger partial charge in [0.05, 0.1) is 0 Å². The number of nitrogens with two attached hydrogens (primary N) is 1. The van der Waals surface area contributed by atoms with Crippen molar-refractivity contribution in [1.82, 2.24) is 5.32 Å². The van der Waals surface area contributed by atoms with Crippen LogP contribution in [0.1, 0.15) is 96.8 Å². The number of nitrogens with one attached hydrogen (secondary N) is 1. The Kier molecular flexibility index (Phi) is 20.3. The highest BCUT2D eigenvalue weighted by molar-refractivity contribution is 4.81. The van der Waals surface area contributed by atoms with Gasteiger partial charge in [0.2, 0.25) is 0 Å². The van der Waals surface area contributed by atoms with Crippen LogP contribution >= 0.6 is 0 Å². The summed E-state index contributed by atoms with van der Waals surface area (Å²) in [7, 11) is 0. The van der Waals surface area contributed by atoms with Crippen molar-refractivity contribution in [2.24, 2.45) is 5.73 Å². The molecule has 0 saturated carbocycles. The summed E-state index contributed by atoms with van der Waals surface area (Å²) in [6.45, 7) is 5.35. The van der Waals surface area contributed by atoms with E-state index < -0.39 is 0 Å². The molecule has 2 nitrogen and oxygen atoms in total. The van der Waals surface area contributed by atoms with E-state index in [1.807, 2.05) is 0 Å². The minimum absolute atomic E-state index is 0.860. The normalized spacial score (nSPS) is 11.5. The molecule has 0 atom stereocenters. The molecule has 0 saturated heterocycles. The molecule has 0 rings (SSSR count). The van der Waals surface area contributed by atoms with Crippen LogP contribution in [-0.2, 0) is 0 Å². The SMILES string of the molecule is CCNCCCCCCCC/C=C\CCCCCCCCN. The fourth-order valence-electron chi connectivity index (χ4n) is 2.75. The van der Waals surface area contributed by atoms with Gasteiger partial charge in [-0.25, -0.2) is 0 Å². The maximum Gasteiger partial charge on any atom is -0.00490 e. The van der Waals surface area contributed by atoms with Crippen LogP contribution in [0.2, 0.25) is 0 Å². The molecule has 2 heteroatoms. The largest absolute Gasteiger partial charge is 0.330 e. The van der Waals surface area contributed by atoms with Crippen molar-refractivity contribution >= 4 is 0 Å². The highest BCUT2D eigenvalue weighted by Gasteiger charge is 1.91.